The van der Waals surface area contributed by atoms with Gasteiger partial charge in [0.2, 0.25) is 0 Å². The molecular weight excluding hydrogens is 306 g/mol. The number of aromatic nitrogens is 1. The molecule has 25 heavy (non-hydrogen) atoms. The van der Waals surface area contributed by atoms with E-state index in [2.05, 4.69) is 55.4 Å². The maximum atomic E-state index is 5.66. The highest BCUT2D eigenvalue weighted by atomic mass is 16.5. The van der Waals surface area contributed by atoms with E-state index in [9.17, 15) is 0 Å². The molecule has 0 aliphatic heterocycles. The number of rotatable bonds is 3. The molecule has 2 nitrogen and oxygen atoms in total. The predicted octanol–water partition coefficient (Wildman–Crippen LogP) is 6.29. The summed E-state index contributed by atoms with van der Waals surface area (Å²) >= 11 is 0. The lowest BCUT2D eigenvalue weighted by Crippen LogP contribution is -1.89. The Kier molecular flexibility index (Phi) is 3.95. The van der Waals surface area contributed by atoms with Gasteiger partial charge in [-0.05, 0) is 36.1 Å². The zero-order valence-corrected chi connectivity index (χ0v) is 14.4. The van der Waals surface area contributed by atoms with E-state index < -0.39 is 0 Å². The van der Waals surface area contributed by atoms with Crippen molar-refractivity contribution in [2.24, 2.45) is 0 Å². The van der Waals surface area contributed by atoms with E-state index in [1.54, 1.807) is 0 Å². The quantitative estimate of drug-likeness (QED) is 0.442. The summed E-state index contributed by atoms with van der Waals surface area (Å²) < 4.78 is 5.66. The van der Waals surface area contributed by atoms with Crippen LogP contribution in [-0.2, 0) is 0 Å². The fraction of sp³-hybridized carbons (Fsp3) is 0.0870. The molecule has 0 aliphatic carbocycles. The molecule has 3 aromatic carbocycles. The molecule has 0 saturated heterocycles. The van der Waals surface area contributed by atoms with Gasteiger partial charge in [0.25, 0.3) is 0 Å². The monoisotopic (exact) mass is 325 g/mol. The molecule has 0 spiro atoms. The zero-order valence-electron chi connectivity index (χ0n) is 14.4. The van der Waals surface area contributed by atoms with Crippen molar-refractivity contribution in [3.05, 3.63) is 90.0 Å². The van der Waals surface area contributed by atoms with Gasteiger partial charge in [0, 0.05) is 17.2 Å². The maximum absolute atomic E-state index is 5.66. The Labute approximate surface area is 147 Å². The molecule has 4 aromatic rings. The molecule has 1 heterocycles. The first kappa shape index (κ1) is 15.4. The number of nitrogens with zero attached hydrogens (tertiary/aromatic N) is 1. The molecule has 1 aromatic heterocycles. The van der Waals surface area contributed by atoms with Crippen LogP contribution in [0.2, 0.25) is 0 Å². The van der Waals surface area contributed by atoms with E-state index in [4.69, 9.17) is 4.52 Å². The van der Waals surface area contributed by atoms with Crippen LogP contribution in [0.3, 0.4) is 0 Å². The largest absolute Gasteiger partial charge is 0.356 e. The fourth-order valence-corrected chi connectivity index (χ4v) is 3.29. The van der Waals surface area contributed by atoms with E-state index >= 15 is 0 Å². The minimum Gasteiger partial charge on any atom is -0.356 e. The number of benzene rings is 3. The van der Waals surface area contributed by atoms with Crippen molar-refractivity contribution in [3.8, 4) is 33.7 Å². The summed E-state index contributed by atoms with van der Waals surface area (Å²) in [6, 6.07) is 27.0. The van der Waals surface area contributed by atoms with Gasteiger partial charge in [0.05, 0.1) is 0 Å². The number of aryl methyl sites for hydroxylation is 2. The minimum atomic E-state index is 0.813. The molecule has 4 rings (SSSR count). The highest BCUT2D eigenvalue weighted by molar-refractivity contribution is 5.76. The third kappa shape index (κ3) is 2.99. The second-order valence-corrected chi connectivity index (χ2v) is 6.29. The van der Waals surface area contributed by atoms with Gasteiger partial charge in [0.15, 0.2) is 5.76 Å². The van der Waals surface area contributed by atoms with Crippen LogP contribution in [0.1, 0.15) is 11.1 Å². The van der Waals surface area contributed by atoms with Crippen molar-refractivity contribution < 1.29 is 4.52 Å². The van der Waals surface area contributed by atoms with Gasteiger partial charge in [-0.25, -0.2) is 0 Å². The van der Waals surface area contributed by atoms with Crippen LogP contribution in [0.4, 0.5) is 0 Å². The summed E-state index contributed by atoms with van der Waals surface area (Å²) in [6.45, 7) is 4.25. The second kappa shape index (κ2) is 6.40. The Balaban J connectivity index is 1.76. The van der Waals surface area contributed by atoms with Crippen molar-refractivity contribution in [2.45, 2.75) is 13.8 Å². The summed E-state index contributed by atoms with van der Waals surface area (Å²) in [5.41, 5.74) is 7.87. The van der Waals surface area contributed by atoms with Gasteiger partial charge in [-0.2, -0.15) is 0 Å². The fourth-order valence-electron chi connectivity index (χ4n) is 3.29. The lowest BCUT2D eigenvalue weighted by atomic mass is 9.94. The van der Waals surface area contributed by atoms with Crippen LogP contribution in [0.25, 0.3) is 33.7 Å². The van der Waals surface area contributed by atoms with Gasteiger partial charge in [-0.15, -0.1) is 0 Å². The average Bonchev–Trinajstić information content (AvgIpc) is 3.12. The molecule has 122 valence electrons. The molecule has 0 N–H and O–H groups in total. The molecule has 0 bridgehead atoms. The lowest BCUT2D eigenvalue weighted by Gasteiger charge is -2.10. The third-order valence-electron chi connectivity index (χ3n) is 4.47. The van der Waals surface area contributed by atoms with Gasteiger partial charge < -0.3 is 4.52 Å². The van der Waals surface area contributed by atoms with Crippen molar-refractivity contribution in [2.75, 3.05) is 0 Å². The molecule has 0 saturated carbocycles. The van der Waals surface area contributed by atoms with E-state index in [-0.39, 0.29) is 0 Å². The van der Waals surface area contributed by atoms with Crippen LogP contribution in [0, 0.1) is 13.8 Å². The van der Waals surface area contributed by atoms with E-state index in [1.165, 1.54) is 22.3 Å². The molecule has 0 aliphatic rings. The normalized spacial score (nSPS) is 10.8. The first-order valence-corrected chi connectivity index (χ1v) is 8.41. The Bertz CT molecular complexity index is 978. The average molecular weight is 325 g/mol. The van der Waals surface area contributed by atoms with Crippen LogP contribution < -0.4 is 0 Å². The first-order valence-electron chi connectivity index (χ1n) is 8.41. The minimum absolute atomic E-state index is 0.813. The second-order valence-electron chi connectivity index (χ2n) is 6.29. The van der Waals surface area contributed by atoms with Crippen molar-refractivity contribution in [1.29, 1.82) is 0 Å². The maximum Gasteiger partial charge on any atom is 0.168 e. The Morgan fingerprint density at radius 1 is 0.640 bits per heavy atom. The van der Waals surface area contributed by atoms with Crippen molar-refractivity contribution in [3.63, 3.8) is 0 Å². The van der Waals surface area contributed by atoms with Gasteiger partial charge in [-0.3, -0.25) is 0 Å². The third-order valence-corrected chi connectivity index (χ3v) is 4.47. The molecule has 2 heteroatoms. The highest BCUT2D eigenvalue weighted by Gasteiger charge is 2.14. The topological polar surface area (TPSA) is 26.0 Å². The molecule has 0 radical (unpaired) electrons. The van der Waals surface area contributed by atoms with Crippen molar-refractivity contribution >= 4 is 0 Å². The van der Waals surface area contributed by atoms with E-state index in [1.807, 2.05) is 42.5 Å². The Hall–Kier alpha value is -3.13. The van der Waals surface area contributed by atoms with Crippen LogP contribution in [0.15, 0.2) is 83.4 Å². The predicted molar refractivity (Wildman–Crippen MR) is 102 cm³/mol. The van der Waals surface area contributed by atoms with E-state index in [0.717, 1.165) is 22.6 Å². The molecular formula is C23H19NO. The molecule has 0 fully saturated rings. The van der Waals surface area contributed by atoms with Gasteiger partial charge in [-0.1, -0.05) is 78.0 Å². The number of hydrogen-bond acceptors (Lipinski definition) is 2. The van der Waals surface area contributed by atoms with Crippen LogP contribution in [-0.4, -0.2) is 5.16 Å². The Morgan fingerprint density at radius 3 is 1.80 bits per heavy atom. The smallest absolute Gasteiger partial charge is 0.168 e. The molecule has 0 amide bonds. The summed E-state index contributed by atoms with van der Waals surface area (Å²) in [5.74, 6) is 0.813. The van der Waals surface area contributed by atoms with E-state index in [0.29, 0.717) is 0 Å². The Morgan fingerprint density at radius 2 is 1.20 bits per heavy atom. The van der Waals surface area contributed by atoms with Gasteiger partial charge in [0.1, 0.15) is 5.69 Å². The summed E-state index contributed by atoms with van der Waals surface area (Å²) in [6.07, 6.45) is 0. The summed E-state index contributed by atoms with van der Waals surface area (Å²) in [7, 11) is 0. The van der Waals surface area contributed by atoms with Crippen molar-refractivity contribution in [1.82, 2.24) is 5.16 Å². The summed E-state index contributed by atoms with van der Waals surface area (Å²) in [4.78, 5) is 0. The molecule has 0 unspecified atom stereocenters. The zero-order chi connectivity index (χ0) is 17.2. The lowest BCUT2D eigenvalue weighted by molar-refractivity contribution is 0.434. The standard InChI is InChI=1S/C23H19NO/c1-16-13-20(18-9-5-3-6-10-18)14-17(2)23(16)22-15-21(24-25-22)19-11-7-4-8-12-19/h3-15H,1-2H3. The first-order chi connectivity index (χ1) is 12.2. The SMILES string of the molecule is Cc1cc(-c2ccccc2)cc(C)c1-c1cc(-c2ccccc2)no1. The number of hydrogen-bond donors (Lipinski definition) is 0. The highest BCUT2D eigenvalue weighted by Crippen LogP contribution is 2.34. The summed E-state index contributed by atoms with van der Waals surface area (Å²) in [5, 5.41) is 4.25. The molecule has 0 atom stereocenters. The van der Waals surface area contributed by atoms with Crippen LogP contribution in [0.5, 0.6) is 0 Å². The van der Waals surface area contributed by atoms with Crippen LogP contribution >= 0.6 is 0 Å². The van der Waals surface area contributed by atoms with Gasteiger partial charge >= 0.3 is 0 Å².